The Hall–Kier alpha value is -2.47. The second kappa shape index (κ2) is 6.53. The van der Waals surface area contributed by atoms with Gasteiger partial charge < -0.3 is 14.6 Å². The quantitative estimate of drug-likeness (QED) is 0.705. The van der Waals surface area contributed by atoms with Crippen LogP contribution in [0.25, 0.3) is 22.4 Å². The van der Waals surface area contributed by atoms with Gasteiger partial charge in [-0.15, -0.1) is 0 Å². The lowest BCUT2D eigenvalue weighted by molar-refractivity contribution is 0.197. The maximum atomic E-state index is 5.48. The van der Waals surface area contributed by atoms with E-state index in [0.717, 1.165) is 29.7 Å². The van der Waals surface area contributed by atoms with Crippen molar-refractivity contribution in [2.75, 3.05) is 25.6 Å². The number of fused-ring (bicyclic) bond motifs is 1. The summed E-state index contributed by atoms with van der Waals surface area (Å²) >= 11 is 0. The second-order valence-electron chi connectivity index (χ2n) is 4.97. The highest BCUT2D eigenvalue weighted by Crippen LogP contribution is 2.29. The second-order valence-corrected chi connectivity index (χ2v) is 4.97. The third kappa shape index (κ3) is 2.92. The molecule has 0 bridgehead atoms. The Morgan fingerprint density at radius 2 is 2.00 bits per heavy atom. The number of aromatic nitrogens is 3. The zero-order valence-electron chi connectivity index (χ0n) is 12.7. The van der Waals surface area contributed by atoms with Gasteiger partial charge in [0, 0.05) is 25.8 Å². The first kappa shape index (κ1) is 14.5. The lowest BCUT2D eigenvalue weighted by Crippen LogP contribution is -2.07. The fraction of sp³-hybridized carbons (Fsp3) is 0.312. The molecule has 0 saturated heterocycles. The van der Waals surface area contributed by atoms with Gasteiger partial charge >= 0.3 is 0 Å². The molecule has 0 atom stereocenters. The highest BCUT2D eigenvalue weighted by atomic mass is 16.5. The van der Waals surface area contributed by atoms with Gasteiger partial charge in [-0.3, -0.25) is 0 Å². The first-order chi connectivity index (χ1) is 10.8. The number of nitrogens with zero attached hydrogens (tertiary/aromatic N) is 3. The SMILES string of the molecule is COCCCNc1nc(C)nc2c(-c3ccccc3)noc12. The van der Waals surface area contributed by atoms with E-state index in [4.69, 9.17) is 9.26 Å². The number of methoxy groups -OCH3 is 1. The summed E-state index contributed by atoms with van der Waals surface area (Å²) in [4.78, 5) is 8.89. The smallest absolute Gasteiger partial charge is 0.228 e. The molecule has 0 aliphatic heterocycles. The van der Waals surface area contributed by atoms with Crippen LogP contribution in [0, 0.1) is 6.92 Å². The fourth-order valence-electron chi connectivity index (χ4n) is 2.27. The van der Waals surface area contributed by atoms with E-state index in [9.17, 15) is 0 Å². The van der Waals surface area contributed by atoms with Gasteiger partial charge in [0.25, 0.3) is 0 Å². The van der Waals surface area contributed by atoms with Gasteiger partial charge in [-0.25, -0.2) is 9.97 Å². The lowest BCUT2D eigenvalue weighted by atomic mass is 10.1. The zero-order chi connectivity index (χ0) is 15.4. The molecule has 1 aromatic carbocycles. The van der Waals surface area contributed by atoms with Crippen molar-refractivity contribution in [2.45, 2.75) is 13.3 Å². The summed E-state index contributed by atoms with van der Waals surface area (Å²) < 4.78 is 10.5. The van der Waals surface area contributed by atoms with Crippen LogP contribution in [-0.2, 0) is 4.74 Å². The van der Waals surface area contributed by atoms with Crippen LogP contribution in [0.2, 0.25) is 0 Å². The van der Waals surface area contributed by atoms with Crippen molar-refractivity contribution >= 4 is 16.9 Å². The van der Waals surface area contributed by atoms with E-state index in [1.807, 2.05) is 37.3 Å². The summed E-state index contributed by atoms with van der Waals surface area (Å²) in [6.07, 6.45) is 0.890. The lowest BCUT2D eigenvalue weighted by Gasteiger charge is -2.05. The summed E-state index contributed by atoms with van der Waals surface area (Å²) in [5.41, 5.74) is 3.03. The molecule has 0 amide bonds. The molecule has 2 heterocycles. The molecular formula is C16H18N4O2. The molecule has 6 nitrogen and oxygen atoms in total. The van der Waals surface area contributed by atoms with E-state index in [-0.39, 0.29) is 0 Å². The number of anilines is 1. The Kier molecular flexibility index (Phi) is 4.29. The molecule has 0 unspecified atom stereocenters. The van der Waals surface area contributed by atoms with Crippen LogP contribution in [0.4, 0.5) is 5.82 Å². The molecule has 114 valence electrons. The molecule has 0 spiro atoms. The van der Waals surface area contributed by atoms with Crippen LogP contribution in [0.15, 0.2) is 34.9 Å². The predicted octanol–water partition coefficient (Wildman–Crippen LogP) is 3.04. The van der Waals surface area contributed by atoms with Crippen LogP contribution in [-0.4, -0.2) is 35.4 Å². The number of hydrogen-bond acceptors (Lipinski definition) is 6. The number of hydrogen-bond donors (Lipinski definition) is 1. The number of aryl methyl sites for hydroxylation is 1. The Bertz CT molecular complexity index is 755. The molecule has 6 heteroatoms. The summed E-state index contributed by atoms with van der Waals surface area (Å²) in [6.45, 7) is 3.31. The number of rotatable bonds is 6. The predicted molar refractivity (Wildman–Crippen MR) is 84.8 cm³/mol. The minimum absolute atomic E-state index is 0.585. The Balaban J connectivity index is 1.96. The average Bonchev–Trinajstić information content (AvgIpc) is 2.96. The average molecular weight is 298 g/mol. The van der Waals surface area contributed by atoms with Gasteiger partial charge in [-0.2, -0.15) is 0 Å². The van der Waals surface area contributed by atoms with E-state index in [1.165, 1.54) is 0 Å². The molecular weight excluding hydrogens is 280 g/mol. The van der Waals surface area contributed by atoms with Crippen molar-refractivity contribution in [1.82, 2.24) is 15.1 Å². The van der Waals surface area contributed by atoms with Crippen LogP contribution in [0.5, 0.6) is 0 Å². The van der Waals surface area contributed by atoms with Crippen molar-refractivity contribution in [3.8, 4) is 11.3 Å². The van der Waals surface area contributed by atoms with Gasteiger partial charge in [0.2, 0.25) is 5.58 Å². The molecule has 22 heavy (non-hydrogen) atoms. The number of ether oxygens (including phenoxy) is 1. The number of nitrogens with one attached hydrogen (secondary N) is 1. The first-order valence-electron chi connectivity index (χ1n) is 7.22. The summed E-state index contributed by atoms with van der Waals surface area (Å²) in [5.74, 6) is 1.36. The molecule has 3 rings (SSSR count). The van der Waals surface area contributed by atoms with Crippen molar-refractivity contribution in [3.05, 3.63) is 36.2 Å². The van der Waals surface area contributed by atoms with E-state index in [1.54, 1.807) is 7.11 Å². The van der Waals surface area contributed by atoms with Crippen molar-refractivity contribution in [2.24, 2.45) is 0 Å². The zero-order valence-corrected chi connectivity index (χ0v) is 12.7. The monoisotopic (exact) mass is 298 g/mol. The first-order valence-corrected chi connectivity index (χ1v) is 7.22. The van der Waals surface area contributed by atoms with E-state index in [0.29, 0.717) is 23.8 Å². The summed E-state index contributed by atoms with van der Waals surface area (Å²) in [6, 6.07) is 9.87. The van der Waals surface area contributed by atoms with Crippen molar-refractivity contribution < 1.29 is 9.26 Å². The van der Waals surface area contributed by atoms with Crippen LogP contribution in [0.1, 0.15) is 12.2 Å². The Morgan fingerprint density at radius 3 is 2.77 bits per heavy atom. The maximum Gasteiger partial charge on any atom is 0.228 e. The van der Waals surface area contributed by atoms with Gasteiger partial charge in [0.1, 0.15) is 17.0 Å². The van der Waals surface area contributed by atoms with E-state index < -0.39 is 0 Å². The normalized spacial score (nSPS) is 11.0. The van der Waals surface area contributed by atoms with E-state index >= 15 is 0 Å². The third-order valence-electron chi connectivity index (χ3n) is 3.29. The highest BCUT2D eigenvalue weighted by molar-refractivity contribution is 5.93. The third-order valence-corrected chi connectivity index (χ3v) is 3.29. The highest BCUT2D eigenvalue weighted by Gasteiger charge is 2.16. The van der Waals surface area contributed by atoms with Gasteiger partial charge in [-0.05, 0) is 13.3 Å². The molecule has 0 aliphatic carbocycles. The van der Waals surface area contributed by atoms with Gasteiger partial charge in [-0.1, -0.05) is 35.5 Å². The summed E-state index contributed by atoms with van der Waals surface area (Å²) in [5, 5.41) is 7.43. The van der Waals surface area contributed by atoms with Gasteiger partial charge in [0.05, 0.1) is 0 Å². The van der Waals surface area contributed by atoms with E-state index in [2.05, 4.69) is 20.4 Å². The maximum absolute atomic E-state index is 5.48. The fourth-order valence-corrected chi connectivity index (χ4v) is 2.27. The van der Waals surface area contributed by atoms with Crippen LogP contribution in [0.3, 0.4) is 0 Å². The Labute approximate surface area is 128 Å². The molecule has 0 fully saturated rings. The van der Waals surface area contributed by atoms with Gasteiger partial charge in [0.15, 0.2) is 5.82 Å². The summed E-state index contributed by atoms with van der Waals surface area (Å²) in [7, 11) is 1.69. The molecule has 1 N–H and O–H groups in total. The van der Waals surface area contributed by atoms with Crippen molar-refractivity contribution in [3.63, 3.8) is 0 Å². The molecule has 0 aliphatic rings. The Morgan fingerprint density at radius 1 is 1.18 bits per heavy atom. The standard InChI is InChI=1S/C16H18N4O2/c1-11-18-14-13(12-7-4-3-5-8-12)20-22-15(14)16(19-11)17-9-6-10-21-2/h3-5,7-8H,6,9-10H2,1-2H3,(H,17,18,19). The van der Waals surface area contributed by atoms with Crippen LogP contribution >= 0.6 is 0 Å². The minimum Gasteiger partial charge on any atom is -0.385 e. The topological polar surface area (TPSA) is 73.1 Å². The minimum atomic E-state index is 0.585. The molecule has 0 radical (unpaired) electrons. The van der Waals surface area contributed by atoms with Crippen molar-refractivity contribution in [1.29, 1.82) is 0 Å². The largest absolute Gasteiger partial charge is 0.385 e. The van der Waals surface area contributed by atoms with Crippen LogP contribution < -0.4 is 5.32 Å². The molecule has 0 saturated carbocycles. The molecule has 2 aromatic heterocycles. The molecule has 3 aromatic rings. The number of benzene rings is 1.